The summed E-state index contributed by atoms with van der Waals surface area (Å²) in [6.45, 7) is 3.99. The van der Waals surface area contributed by atoms with Crippen LogP contribution in [0, 0.1) is 0 Å². The molecule has 6 N–H and O–H groups in total. The van der Waals surface area contributed by atoms with Gasteiger partial charge in [-0.3, -0.25) is 13.8 Å². The van der Waals surface area contributed by atoms with E-state index >= 15 is 0 Å². The van der Waals surface area contributed by atoms with Crippen LogP contribution in [0.3, 0.4) is 0 Å². The molecule has 4 atom stereocenters. The Kier molecular flexibility index (Phi) is 44.2. The number of unbranched alkanes of at least 4 members (excludes halogenated alkanes) is 31. The molecule has 1 amide bonds. The van der Waals surface area contributed by atoms with Gasteiger partial charge < -0.3 is 26.2 Å². The highest BCUT2D eigenvalue weighted by Crippen LogP contribution is 2.43. The summed E-state index contributed by atoms with van der Waals surface area (Å²) in [4.78, 5) is 22.8. The molecule has 0 heterocycles. The smallest absolute Gasteiger partial charge is 0.393 e. The Morgan fingerprint density at radius 3 is 1.41 bits per heavy atom. The number of aliphatic hydroxyl groups is 2. The van der Waals surface area contributed by atoms with E-state index in [1.165, 1.54) is 180 Å². The van der Waals surface area contributed by atoms with Gasteiger partial charge in [0.1, 0.15) is 0 Å². The minimum atomic E-state index is -4.41. The number of amides is 1. The molecule has 9 nitrogen and oxygen atoms in total. The maximum Gasteiger partial charge on any atom is 0.472 e. The van der Waals surface area contributed by atoms with Crippen LogP contribution in [0.5, 0.6) is 0 Å². The standard InChI is InChI=1S/C49H97N2O7P/c1-3-5-7-9-11-13-15-17-19-21-23-25-27-29-31-33-35-37-39-41-48(53)47(45-58-59(55,56)57-43-42-50)51-49(54)44-46(52)40-38-36-34-32-30-28-26-24-22-20-18-16-14-12-10-8-6-4-2/h31,33,39,41,46-48,52-53H,3-30,32,34-38,40,42-45,50H2,1-2H3,(H,51,54)(H,55,56)/b33-31+,41-39+. The molecular weight excluding hydrogens is 760 g/mol. The lowest BCUT2D eigenvalue weighted by Gasteiger charge is -2.24. The number of allylic oxidation sites excluding steroid dienone is 3. The monoisotopic (exact) mass is 857 g/mol. The number of phosphoric ester groups is 1. The summed E-state index contributed by atoms with van der Waals surface area (Å²) < 4.78 is 22.1. The van der Waals surface area contributed by atoms with E-state index in [2.05, 4.69) is 31.3 Å². The van der Waals surface area contributed by atoms with Gasteiger partial charge >= 0.3 is 7.82 Å². The molecule has 0 aromatic heterocycles. The number of hydrogen-bond donors (Lipinski definition) is 5. The third-order valence-corrected chi connectivity index (χ3v) is 12.3. The maximum atomic E-state index is 12.9. The summed E-state index contributed by atoms with van der Waals surface area (Å²) in [5.74, 6) is -0.451. The van der Waals surface area contributed by atoms with Gasteiger partial charge in [-0.05, 0) is 32.1 Å². The normalized spacial score (nSPS) is 14.6. The molecule has 0 saturated heterocycles. The van der Waals surface area contributed by atoms with Crippen molar-refractivity contribution in [2.75, 3.05) is 19.8 Å². The fraction of sp³-hybridized carbons (Fsp3) is 0.898. The largest absolute Gasteiger partial charge is 0.472 e. The minimum Gasteiger partial charge on any atom is -0.393 e. The second-order valence-electron chi connectivity index (χ2n) is 17.2. The van der Waals surface area contributed by atoms with Crippen molar-refractivity contribution in [3.05, 3.63) is 24.3 Å². The zero-order valence-corrected chi connectivity index (χ0v) is 39.5. The van der Waals surface area contributed by atoms with Crippen LogP contribution in [0.4, 0.5) is 0 Å². The van der Waals surface area contributed by atoms with E-state index in [1.54, 1.807) is 6.08 Å². The number of rotatable bonds is 47. The van der Waals surface area contributed by atoms with Gasteiger partial charge in [0.25, 0.3) is 0 Å². The summed E-state index contributed by atoms with van der Waals surface area (Å²) in [5, 5.41) is 24.1. The van der Waals surface area contributed by atoms with Crippen molar-refractivity contribution in [1.82, 2.24) is 5.32 Å². The van der Waals surface area contributed by atoms with Crippen molar-refractivity contribution < 1.29 is 33.5 Å². The van der Waals surface area contributed by atoms with Gasteiger partial charge in [-0.15, -0.1) is 0 Å². The van der Waals surface area contributed by atoms with Crippen molar-refractivity contribution in [2.24, 2.45) is 5.73 Å². The molecular formula is C49H97N2O7P. The van der Waals surface area contributed by atoms with Crippen LogP contribution in [0.15, 0.2) is 24.3 Å². The third kappa shape index (κ3) is 43.4. The van der Waals surface area contributed by atoms with Gasteiger partial charge in [-0.1, -0.05) is 231 Å². The summed E-state index contributed by atoms with van der Waals surface area (Å²) in [6, 6.07) is -0.996. The number of nitrogens with one attached hydrogen (secondary N) is 1. The number of nitrogens with two attached hydrogens (primary N) is 1. The Balaban J connectivity index is 4.24. The summed E-state index contributed by atoms with van der Waals surface area (Å²) in [6.07, 6.45) is 49.9. The first-order valence-corrected chi connectivity index (χ1v) is 26.5. The molecule has 10 heteroatoms. The lowest BCUT2D eigenvalue weighted by Crippen LogP contribution is -2.46. The van der Waals surface area contributed by atoms with Crippen molar-refractivity contribution in [3.8, 4) is 0 Å². The zero-order chi connectivity index (χ0) is 43.3. The molecule has 4 unspecified atom stereocenters. The third-order valence-electron chi connectivity index (χ3n) is 11.3. The molecule has 0 spiro atoms. The molecule has 0 fully saturated rings. The number of hydrogen-bond acceptors (Lipinski definition) is 7. The molecule has 0 aliphatic carbocycles. The van der Waals surface area contributed by atoms with E-state index in [0.717, 1.165) is 32.1 Å². The lowest BCUT2D eigenvalue weighted by molar-refractivity contribution is -0.124. The summed E-state index contributed by atoms with van der Waals surface area (Å²) >= 11 is 0. The van der Waals surface area contributed by atoms with E-state index in [0.29, 0.717) is 12.8 Å². The van der Waals surface area contributed by atoms with Gasteiger partial charge in [-0.2, -0.15) is 0 Å². The van der Waals surface area contributed by atoms with Gasteiger partial charge in [0.15, 0.2) is 0 Å². The average Bonchev–Trinajstić information content (AvgIpc) is 3.21. The Morgan fingerprint density at radius 2 is 0.966 bits per heavy atom. The fourth-order valence-corrected chi connectivity index (χ4v) is 8.31. The van der Waals surface area contributed by atoms with Gasteiger partial charge in [-0.25, -0.2) is 4.57 Å². The quantitative estimate of drug-likeness (QED) is 0.0230. The number of phosphoric acid groups is 1. The fourth-order valence-electron chi connectivity index (χ4n) is 7.55. The first-order chi connectivity index (χ1) is 28.8. The molecule has 0 aromatic rings. The number of carbonyl (C=O) groups is 1. The number of aliphatic hydroxyl groups excluding tert-OH is 2. The molecule has 0 rings (SSSR count). The van der Waals surface area contributed by atoms with Crippen molar-refractivity contribution in [3.63, 3.8) is 0 Å². The van der Waals surface area contributed by atoms with Gasteiger partial charge in [0.05, 0.1) is 37.9 Å². The van der Waals surface area contributed by atoms with Crippen molar-refractivity contribution in [1.29, 1.82) is 0 Å². The first-order valence-electron chi connectivity index (χ1n) is 25.0. The Bertz CT molecular complexity index is 997. The van der Waals surface area contributed by atoms with Crippen LogP contribution in [-0.4, -0.2) is 59.0 Å². The van der Waals surface area contributed by atoms with E-state index in [9.17, 15) is 24.5 Å². The highest BCUT2D eigenvalue weighted by molar-refractivity contribution is 7.47. The van der Waals surface area contributed by atoms with Crippen LogP contribution in [0.1, 0.15) is 245 Å². The molecule has 0 bridgehead atoms. The molecule has 350 valence electrons. The molecule has 0 radical (unpaired) electrons. The Hall–Kier alpha value is -1.06. The summed E-state index contributed by atoms with van der Waals surface area (Å²) in [7, 11) is -4.41. The van der Waals surface area contributed by atoms with Crippen LogP contribution in [-0.2, 0) is 18.4 Å². The van der Waals surface area contributed by atoms with E-state index in [1.807, 2.05) is 6.08 Å². The predicted octanol–water partition coefficient (Wildman–Crippen LogP) is 13.5. The molecule has 0 aliphatic rings. The van der Waals surface area contributed by atoms with Crippen LogP contribution < -0.4 is 11.1 Å². The average molecular weight is 857 g/mol. The minimum absolute atomic E-state index is 0.0463. The molecule has 0 aromatic carbocycles. The van der Waals surface area contributed by atoms with Crippen LogP contribution in [0.25, 0.3) is 0 Å². The van der Waals surface area contributed by atoms with Crippen molar-refractivity contribution >= 4 is 13.7 Å². The maximum absolute atomic E-state index is 12.9. The second kappa shape index (κ2) is 45.0. The van der Waals surface area contributed by atoms with E-state index in [4.69, 9.17) is 14.8 Å². The van der Waals surface area contributed by atoms with Gasteiger partial charge in [0, 0.05) is 6.54 Å². The Labute approximate surface area is 364 Å². The van der Waals surface area contributed by atoms with Crippen molar-refractivity contribution in [2.45, 2.75) is 263 Å². The highest BCUT2D eigenvalue weighted by Gasteiger charge is 2.27. The SMILES string of the molecule is CCCCCCCCCCCCCCC/C=C/CC/C=C/C(O)C(COP(=O)(O)OCCN)NC(=O)CC(O)CCCCCCCCCCCCCCCCCCCC. The molecule has 0 aliphatic heterocycles. The topological polar surface area (TPSA) is 151 Å². The van der Waals surface area contributed by atoms with Crippen LogP contribution in [0.2, 0.25) is 0 Å². The van der Waals surface area contributed by atoms with E-state index in [-0.39, 0.29) is 19.6 Å². The zero-order valence-electron chi connectivity index (χ0n) is 38.6. The molecule has 59 heavy (non-hydrogen) atoms. The Morgan fingerprint density at radius 1 is 0.576 bits per heavy atom. The first kappa shape index (κ1) is 57.9. The van der Waals surface area contributed by atoms with E-state index < -0.39 is 38.6 Å². The summed E-state index contributed by atoms with van der Waals surface area (Å²) in [5.41, 5.74) is 5.38. The highest BCUT2D eigenvalue weighted by atomic mass is 31.2. The predicted molar refractivity (Wildman–Crippen MR) is 251 cm³/mol. The lowest BCUT2D eigenvalue weighted by atomic mass is 10.0. The number of carbonyl (C=O) groups excluding carboxylic acids is 1. The van der Waals surface area contributed by atoms with Gasteiger partial charge in [0.2, 0.25) is 5.91 Å². The second-order valence-corrected chi connectivity index (χ2v) is 18.7. The molecule has 0 saturated carbocycles. The van der Waals surface area contributed by atoms with Crippen LogP contribution >= 0.6 is 7.82 Å².